The number of aliphatic hydroxyl groups is 6. The fraction of sp³-hybridized carbons (Fsp3) is 0.818. The van der Waals surface area contributed by atoms with Crippen LogP contribution in [0.5, 0.6) is 0 Å². The smallest absolute Gasteiger partial charge is 0.237 e. The highest BCUT2D eigenvalue weighted by molar-refractivity contribution is 7.99. The van der Waals surface area contributed by atoms with Gasteiger partial charge in [-0.3, -0.25) is 29.0 Å². The molecule has 0 saturated carbocycles. The number of amides is 2. The Hall–Kier alpha value is -2.02. The quantitative estimate of drug-likeness (QED) is 0.0824. The van der Waals surface area contributed by atoms with Gasteiger partial charge >= 0.3 is 0 Å². The Morgan fingerprint density at radius 2 is 1.11 bits per heavy atom. The highest BCUT2D eigenvalue weighted by Crippen LogP contribution is 2.34. The van der Waals surface area contributed by atoms with Gasteiger partial charge in [-0.15, -0.1) is 23.5 Å². The van der Waals surface area contributed by atoms with E-state index in [2.05, 4.69) is 39.3 Å². The Morgan fingerprint density at radius 1 is 0.743 bits per heavy atom. The van der Waals surface area contributed by atoms with E-state index in [1.54, 1.807) is 38.2 Å². The number of likely N-dealkylation sites (N-methyl/N-ethyl adjacent to an activating group) is 2. The van der Waals surface area contributed by atoms with Gasteiger partial charge < -0.3 is 65.8 Å². The third-order valence-electron chi connectivity index (χ3n) is 12.4. The number of nitrogens with one attached hydrogen (secondary N) is 2. The number of hydrogen-bond donors (Lipinski definition) is 9. The molecule has 0 aromatic carbocycles. The zero-order chi connectivity index (χ0) is 53.8. The number of halogens is 2. The molecule has 26 heteroatoms. The first-order valence-electron chi connectivity index (χ1n) is 22.9. The molecule has 4 fully saturated rings. The second kappa shape index (κ2) is 36.8. The normalized spacial score (nSPS) is 32.3. The van der Waals surface area contributed by atoms with Crippen LogP contribution in [0.25, 0.3) is 0 Å². The molecule has 4 aliphatic rings. The van der Waals surface area contributed by atoms with E-state index >= 15 is 0 Å². The van der Waals surface area contributed by atoms with E-state index in [0.717, 1.165) is 51.6 Å². The molecule has 5 heterocycles. The average Bonchev–Trinajstić information content (AvgIpc) is 4.11. The fourth-order valence-electron chi connectivity index (χ4n) is 9.00. The summed E-state index contributed by atoms with van der Waals surface area (Å²) < 4.78 is 34.1. The molecule has 408 valence electrons. The lowest BCUT2D eigenvalue weighted by Gasteiger charge is -2.45. The van der Waals surface area contributed by atoms with Crippen LogP contribution in [0.1, 0.15) is 72.3 Å². The summed E-state index contributed by atoms with van der Waals surface area (Å²) in [5.74, 6) is 0.731. The first-order chi connectivity index (χ1) is 33.2. The molecule has 5 rings (SSSR count). The maximum Gasteiger partial charge on any atom is 0.237 e. The van der Waals surface area contributed by atoms with Crippen molar-refractivity contribution in [1.29, 1.82) is 0 Å². The lowest BCUT2D eigenvalue weighted by molar-refractivity contribution is -0.207. The van der Waals surface area contributed by atoms with Gasteiger partial charge in [0, 0.05) is 68.3 Å². The van der Waals surface area contributed by atoms with Crippen LogP contribution in [0.4, 0.5) is 7.77 Å². The molecule has 10 N–H and O–H groups in total. The van der Waals surface area contributed by atoms with Gasteiger partial charge in [0.05, 0.1) is 36.5 Å². The number of aromatic nitrogens is 2. The minimum atomic E-state index is -1.37. The SMILES string of the molecule is C=O.CCC[C@@H]1C[C@@H](C(=O)N[C@@H]([C@H]2OC(SC)[C@H](O)[C@H](O)C2O)[C@H](C)n2ccnc2)N(C)C1.CCC[C@@H]1C[C@@H](C(=O)N[C@H]([C@H](C)N)[C@H]2OC(SC)[C@H](O)[C@H](O)C2O)N(C)C1.CSF.CSF.O=CC=O. The van der Waals surface area contributed by atoms with Gasteiger partial charge in [0.15, 0.2) is 12.6 Å². The number of nitrogens with zero attached hydrogens (tertiary/aromatic N) is 4. The van der Waals surface area contributed by atoms with Crippen LogP contribution in [0.2, 0.25) is 0 Å². The summed E-state index contributed by atoms with van der Waals surface area (Å²) in [6, 6.07) is -2.60. The van der Waals surface area contributed by atoms with Crippen LogP contribution in [-0.4, -0.2) is 223 Å². The van der Waals surface area contributed by atoms with E-state index in [4.69, 9.17) is 29.6 Å². The number of aliphatic hydroxyl groups excluding tert-OH is 6. The number of rotatable bonds is 16. The Morgan fingerprint density at radius 3 is 1.43 bits per heavy atom. The zero-order valence-corrected chi connectivity index (χ0v) is 45.2. The number of carbonyl (C=O) groups excluding carboxylic acids is 5. The summed E-state index contributed by atoms with van der Waals surface area (Å²) >= 11 is 2.99. The van der Waals surface area contributed by atoms with Crippen LogP contribution in [0, 0.1) is 11.8 Å². The Labute approximate surface area is 429 Å². The van der Waals surface area contributed by atoms with Crippen molar-refractivity contribution in [2.75, 3.05) is 52.2 Å². The van der Waals surface area contributed by atoms with Crippen molar-refractivity contribution in [2.45, 2.75) is 162 Å². The van der Waals surface area contributed by atoms with Gasteiger partial charge in [-0.05, 0) is 78.0 Å². The van der Waals surface area contributed by atoms with Gasteiger partial charge in [-0.1, -0.05) is 26.7 Å². The third kappa shape index (κ3) is 20.7. The second-order valence-corrected chi connectivity index (χ2v) is 19.8. The van der Waals surface area contributed by atoms with Crippen LogP contribution < -0.4 is 16.4 Å². The van der Waals surface area contributed by atoms with E-state index in [0.29, 0.717) is 11.8 Å². The van der Waals surface area contributed by atoms with Crippen LogP contribution in [0.15, 0.2) is 18.7 Å². The molecule has 4 saturated heterocycles. The predicted octanol–water partition coefficient (Wildman–Crippen LogP) is 0.996. The molecule has 0 spiro atoms. The summed E-state index contributed by atoms with van der Waals surface area (Å²) in [5, 5.41) is 68.1. The second-order valence-electron chi connectivity index (χ2n) is 17.3. The number of carbonyl (C=O) groups is 5. The van der Waals surface area contributed by atoms with Crippen molar-refractivity contribution in [1.82, 2.24) is 30.0 Å². The van der Waals surface area contributed by atoms with Crippen molar-refractivity contribution in [3.8, 4) is 0 Å². The first-order valence-corrected chi connectivity index (χ1v) is 27.7. The third-order valence-corrected chi connectivity index (χ3v) is 14.1. The monoisotopic (exact) mass is 1080 g/mol. The highest BCUT2D eigenvalue weighted by atomic mass is 32.2. The van der Waals surface area contributed by atoms with Gasteiger partial charge in [0.25, 0.3) is 0 Å². The molecular weight excluding hydrogens is 1000 g/mol. The molecule has 0 radical (unpaired) electrons. The topological polar surface area (TPSA) is 300 Å². The maximum absolute atomic E-state index is 13.3. The van der Waals surface area contributed by atoms with E-state index in [1.807, 2.05) is 32.4 Å². The van der Waals surface area contributed by atoms with Crippen LogP contribution >= 0.6 is 47.8 Å². The molecule has 4 aliphatic heterocycles. The fourth-order valence-corrected chi connectivity index (χ4v) is 10.4. The molecule has 2 amide bonds. The summed E-state index contributed by atoms with van der Waals surface area (Å²) in [6.07, 6.45) is 8.08. The molecule has 1 aromatic heterocycles. The Kier molecular flexibility index (Phi) is 35.8. The minimum Gasteiger partial charge on any atom is -0.388 e. The van der Waals surface area contributed by atoms with Crippen molar-refractivity contribution in [3.63, 3.8) is 0 Å². The summed E-state index contributed by atoms with van der Waals surface area (Å²) in [6.45, 7) is 11.7. The number of thioether (sulfide) groups is 2. The zero-order valence-electron chi connectivity index (χ0n) is 41.9. The minimum absolute atomic E-state index is 0.116. The predicted molar refractivity (Wildman–Crippen MR) is 272 cm³/mol. The highest BCUT2D eigenvalue weighted by Gasteiger charge is 2.50. The Balaban J connectivity index is 0.00000112. The van der Waals surface area contributed by atoms with E-state index in [1.165, 1.54) is 36.0 Å². The van der Waals surface area contributed by atoms with Crippen molar-refractivity contribution in [3.05, 3.63) is 18.7 Å². The molecule has 4 unspecified atom stereocenters. The van der Waals surface area contributed by atoms with Gasteiger partial charge in [0.2, 0.25) is 11.8 Å². The van der Waals surface area contributed by atoms with Crippen molar-refractivity contribution in [2.24, 2.45) is 17.6 Å². The molecule has 0 bridgehead atoms. The summed E-state index contributed by atoms with van der Waals surface area (Å²) in [7, 11) is 3.90. The number of imidazole rings is 1. The largest absolute Gasteiger partial charge is 0.388 e. The molecular formula is C44H81F2N7O13S4. The van der Waals surface area contributed by atoms with Gasteiger partial charge in [-0.2, -0.15) is 7.77 Å². The summed E-state index contributed by atoms with van der Waals surface area (Å²) in [4.78, 5) is 60.0. The van der Waals surface area contributed by atoms with Crippen LogP contribution in [-0.2, 0) is 33.4 Å². The number of aldehydes is 2. The lowest BCUT2D eigenvalue weighted by Crippen LogP contribution is -2.66. The van der Waals surface area contributed by atoms with Crippen molar-refractivity contribution < 1.29 is 71.9 Å². The molecule has 0 aliphatic carbocycles. The van der Waals surface area contributed by atoms with Gasteiger partial charge in [-0.25, -0.2) is 4.98 Å². The molecule has 1 aromatic rings. The van der Waals surface area contributed by atoms with Crippen molar-refractivity contribution >= 4 is 79.0 Å². The molecule has 18 atom stereocenters. The van der Waals surface area contributed by atoms with Crippen LogP contribution in [0.3, 0.4) is 0 Å². The van der Waals surface area contributed by atoms with E-state index in [-0.39, 0.29) is 66.8 Å². The standard InChI is InChI=1S/C21H36N4O5S.C18H35N3O5S.C2H2O2.2CH3FS.CH2O/c1-5-6-13-9-14(24(3)10-13)20(29)23-15(12(2)25-8-7-22-11-25)19-17(27)16(26)18(28)21(30-19)31-4;1-5-6-10-7-11(21(3)8-10)17(25)20-12(9(2)19)16-14(23)13(22)15(24)18(26-16)27-4;3-1-2-4;2*1-3-2;1-2/h7-8,11-19,21,26-28H,5-6,9-10H2,1-4H3,(H,23,29);9-16,18,22-24H,5-8,19H2,1-4H3,(H,20,25);1-2H;2*1H3;1H2/t12-,13+,14-,15+,16+,17?,18+,19+,21?;9-,10+,11-,12+,13+,14?,15+,16+,18?;;;;/m00..../s1. The number of ether oxygens (including phenoxy) is 2. The molecule has 70 heavy (non-hydrogen) atoms. The average molecular weight is 1080 g/mol. The first kappa shape index (κ1) is 68.0. The number of likely N-dealkylation sites (tertiary alicyclic amines) is 2. The van der Waals surface area contributed by atoms with E-state index < -0.39 is 77.8 Å². The number of hydrogen-bond acceptors (Lipinski definition) is 21. The molecule has 20 nitrogen and oxygen atoms in total. The van der Waals surface area contributed by atoms with Gasteiger partial charge in [0.1, 0.15) is 66.5 Å². The Bertz CT molecular complexity index is 1570. The van der Waals surface area contributed by atoms with E-state index in [9.17, 15) is 48.0 Å². The number of nitrogens with two attached hydrogens (primary N) is 1. The summed E-state index contributed by atoms with van der Waals surface area (Å²) in [5.41, 5.74) is 4.68. The maximum atomic E-state index is 13.3. The lowest BCUT2D eigenvalue weighted by atomic mass is 9.90.